The fraction of sp³-hybridized carbons (Fsp3) is 0.125. The van der Waals surface area contributed by atoms with Gasteiger partial charge in [0, 0.05) is 36.0 Å². The number of alkyl halides is 3. The summed E-state index contributed by atoms with van der Waals surface area (Å²) in [7, 11) is 0. The molecule has 0 saturated carbocycles. The highest BCUT2D eigenvalue weighted by Crippen LogP contribution is 2.33. The predicted octanol–water partition coefficient (Wildman–Crippen LogP) is 4.66. The summed E-state index contributed by atoms with van der Waals surface area (Å²) >= 11 is 0. The number of rotatable bonds is 5. The topological polar surface area (TPSA) is 121 Å². The highest BCUT2D eigenvalue weighted by Gasteiger charge is 2.31. The summed E-state index contributed by atoms with van der Waals surface area (Å²) in [5, 5.41) is 0. The number of hydrogen-bond acceptors (Lipinski definition) is 7. The maximum atomic E-state index is 14.5. The van der Waals surface area contributed by atoms with Crippen LogP contribution < -0.4 is 11.5 Å². The van der Waals surface area contributed by atoms with Crippen LogP contribution in [0, 0.1) is 12.7 Å². The van der Waals surface area contributed by atoms with Gasteiger partial charge in [-0.05, 0) is 48.9 Å². The van der Waals surface area contributed by atoms with E-state index in [1.807, 2.05) is 0 Å². The van der Waals surface area contributed by atoms with Crippen LogP contribution >= 0.6 is 0 Å². The number of halogens is 4. The molecule has 0 amide bonds. The minimum Gasteiger partial charge on any atom is -0.397 e. The molecule has 0 aliphatic carbocycles. The molecule has 4 N–H and O–H groups in total. The van der Waals surface area contributed by atoms with Crippen molar-refractivity contribution < 1.29 is 22.4 Å². The number of carbonyl (C=O) groups excluding carboxylic acids is 1. The Labute approximate surface area is 196 Å². The van der Waals surface area contributed by atoms with Gasteiger partial charge in [-0.15, -0.1) is 0 Å². The lowest BCUT2D eigenvalue weighted by Gasteiger charge is -2.12. The van der Waals surface area contributed by atoms with Crippen LogP contribution in [0.15, 0.2) is 54.9 Å². The van der Waals surface area contributed by atoms with Gasteiger partial charge in [-0.2, -0.15) is 13.2 Å². The summed E-state index contributed by atoms with van der Waals surface area (Å²) < 4.78 is 53.1. The number of benzene rings is 1. The Morgan fingerprint density at radius 2 is 1.71 bits per heavy atom. The summed E-state index contributed by atoms with van der Waals surface area (Å²) in [6.07, 6.45) is -1.82. The van der Waals surface area contributed by atoms with E-state index in [4.69, 9.17) is 11.5 Å². The number of ketones is 1. The van der Waals surface area contributed by atoms with Gasteiger partial charge >= 0.3 is 6.18 Å². The molecule has 0 spiro atoms. The highest BCUT2D eigenvalue weighted by molar-refractivity contribution is 6.01. The highest BCUT2D eigenvalue weighted by atomic mass is 19.4. The van der Waals surface area contributed by atoms with Crippen molar-refractivity contribution in [1.82, 2.24) is 19.9 Å². The summed E-state index contributed by atoms with van der Waals surface area (Å²) in [6.45, 7) is 1.68. The second kappa shape index (κ2) is 9.09. The quantitative estimate of drug-likeness (QED) is 0.314. The van der Waals surface area contributed by atoms with E-state index in [1.54, 1.807) is 19.1 Å². The molecule has 1 aromatic carbocycles. The Balaban J connectivity index is 1.68. The molecule has 178 valence electrons. The molecule has 3 aromatic heterocycles. The standard InChI is InChI=1S/C24H18F4N6O/c1-12-32-20(10-22(30)33-12)15-6-7-31-11-13(15)8-21(35)23-18(29)4-5-19(34-23)16-3-2-14(9-17(16)25)24(26,27)28/h2-7,9-11H,8,29H2,1H3,(H2,30,32,33). The first-order valence-electron chi connectivity index (χ1n) is 10.2. The smallest absolute Gasteiger partial charge is 0.397 e. The number of nitrogens with zero attached hydrogens (tertiary/aromatic N) is 4. The van der Waals surface area contributed by atoms with Crippen LogP contribution in [0.1, 0.15) is 27.4 Å². The Hall–Kier alpha value is -4.41. The molecule has 0 unspecified atom stereocenters. The second-order valence-electron chi connectivity index (χ2n) is 7.68. The van der Waals surface area contributed by atoms with E-state index in [0.717, 1.165) is 12.1 Å². The monoisotopic (exact) mass is 482 g/mol. The van der Waals surface area contributed by atoms with Crippen molar-refractivity contribution in [3.63, 3.8) is 0 Å². The minimum absolute atomic E-state index is 0.0283. The summed E-state index contributed by atoms with van der Waals surface area (Å²) in [5.41, 5.74) is 11.9. The lowest BCUT2D eigenvalue weighted by Crippen LogP contribution is -2.12. The third-order valence-electron chi connectivity index (χ3n) is 5.15. The van der Waals surface area contributed by atoms with Crippen LogP contribution in [0.4, 0.5) is 29.1 Å². The third-order valence-corrected chi connectivity index (χ3v) is 5.15. The fourth-order valence-corrected chi connectivity index (χ4v) is 3.55. The van der Waals surface area contributed by atoms with Gasteiger partial charge in [0.05, 0.1) is 22.6 Å². The van der Waals surface area contributed by atoms with Crippen molar-refractivity contribution in [3.8, 4) is 22.5 Å². The molecular formula is C24H18F4N6O. The lowest BCUT2D eigenvalue weighted by molar-refractivity contribution is -0.137. The van der Waals surface area contributed by atoms with Crippen molar-refractivity contribution >= 4 is 17.3 Å². The number of Topliss-reactive ketones (excluding diaryl/α,β-unsaturated/α-hetero) is 1. The zero-order valence-corrected chi connectivity index (χ0v) is 18.3. The SMILES string of the molecule is Cc1nc(N)cc(-c2ccncc2CC(=O)c2nc(-c3ccc(C(F)(F)F)cc3F)ccc2N)n1. The molecule has 4 rings (SSSR count). The molecule has 7 nitrogen and oxygen atoms in total. The molecule has 4 aromatic rings. The molecule has 0 radical (unpaired) electrons. The number of anilines is 2. The lowest BCUT2D eigenvalue weighted by atomic mass is 9.99. The number of aryl methyl sites for hydroxylation is 1. The molecule has 0 fully saturated rings. The second-order valence-corrected chi connectivity index (χ2v) is 7.68. The van der Waals surface area contributed by atoms with Gasteiger partial charge in [0.25, 0.3) is 0 Å². The maximum absolute atomic E-state index is 14.5. The van der Waals surface area contributed by atoms with Gasteiger partial charge in [-0.25, -0.2) is 19.3 Å². The summed E-state index contributed by atoms with van der Waals surface area (Å²) in [4.78, 5) is 29.8. The Bertz CT molecular complexity index is 1420. The number of pyridine rings is 2. The zero-order valence-electron chi connectivity index (χ0n) is 18.3. The molecule has 11 heteroatoms. The summed E-state index contributed by atoms with van der Waals surface area (Å²) in [6, 6.07) is 8.02. The maximum Gasteiger partial charge on any atom is 0.416 e. The van der Waals surface area contributed by atoms with Crippen molar-refractivity contribution in [2.24, 2.45) is 0 Å². The van der Waals surface area contributed by atoms with E-state index in [1.165, 1.54) is 24.5 Å². The van der Waals surface area contributed by atoms with E-state index < -0.39 is 23.3 Å². The zero-order chi connectivity index (χ0) is 25.3. The van der Waals surface area contributed by atoms with Crippen LogP contribution in [0.5, 0.6) is 0 Å². The Morgan fingerprint density at radius 3 is 2.40 bits per heavy atom. The Kier molecular flexibility index (Phi) is 6.16. The van der Waals surface area contributed by atoms with Crippen LogP contribution in [0.2, 0.25) is 0 Å². The van der Waals surface area contributed by atoms with Crippen LogP contribution in [0.25, 0.3) is 22.5 Å². The third kappa shape index (κ3) is 5.08. The number of nitrogens with two attached hydrogens (primary N) is 2. The van der Waals surface area contributed by atoms with Gasteiger partial charge in [0.15, 0.2) is 5.78 Å². The normalized spacial score (nSPS) is 11.5. The largest absolute Gasteiger partial charge is 0.416 e. The molecule has 0 atom stereocenters. The molecule has 35 heavy (non-hydrogen) atoms. The molecule has 0 aliphatic heterocycles. The minimum atomic E-state index is -4.69. The number of carbonyl (C=O) groups is 1. The van der Waals surface area contributed by atoms with Crippen molar-refractivity contribution in [2.45, 2.75) is 19.5 Å². The first kappa shape index (κ1) is 23.7. The van der Waals surface area contributed by atoms with Crippen molar-refractivity contribution in [3.05, 3.63) is 83.3 Å². The molecule has 0 bridgehead atoms. The fourth-order valence-electron chi connectivity index (χ4n) is 3.55. The van der Waals surface area contributed by atoms with Crippen LogP contribution in [0.3, 0.4) is 0 Å². The van der Waals surface area contributed by atoms with E-state index in [9.17, 15) is 22.4 Å². The average Bonchev–Trinajstić information content (AvgIpc) is 2.78. The molecule has 3 heterocycles. The van der Waals surface area contributed by atoms with Gasteiger partial charge < -0.3 is 11.5 Å². The molecular weight excluding hydrogens is 464 g/mol. The van der Waals surface area contributed by atoms with Gasteiger partial charge in [-0.3, -0.25) is 9.78 Å². The van der Waals surface area contributed by atoms with E-state index >= 15 is 0 Å². The average molecular weight is 482 g/mol. The Morgan fingerprint density at radius 1 is 0.943 bits per heavy atom. The first-order valence-corrected chi connectivity index (χ1v) is 10.2. The van der Waals surface area contributed by atoms with Gasteiger partial charge in [0.2, 0.25) is 0 Å². The number of nitrogen functional groups attached to an aromatic ring is 2. The van der Waals surface area contributed by atoms with Crippen molar-refractivity contribution in [2.75, 3.05) is 11.5 Å². The molecule has 0 saturated heterocycles. The number of hydrogen-bond donors (Lipinski definition) is 2. The van der Waals surface area contributed by atoms with Crippen LogP contribution in [-0.2, 0) is 12.6 Å². The van der Waals surface area contributed by atoms with E-state index in [2.05, 4.69) is 19.9 Å². The summed E-state index contributed by atoms with van der Waals surface area (Å²) in [5.74, 6) is -0.906. The predicted molar refractivity (Wildman–Crippen MR) is 121 cm³/mol. The van der Waals surface area contributed by atoms with Crippen LogP contribution in [-0.4, -0.2) is 25.7 Å². The van der Waals surface area contributed by atoms with Gasteiger partial charge in [-0.1, -0.05) is 0 Å². The van der Waals surface area contributed by atoms with E-state index in [0.29, 0.717) is 28.7 Å². The number of aromatic nitrogens is 4. The van der Waals surface area contributed by atoms with Crippen molar-refractivity contribution in [1.29, 1.82) is 0 Å². The first-order chi connectivity index (χ1) is 16.5. The van der Waals surface area contributed by atoms with Gasteiger partial charge in [0.1, 0.15) is 23.2 Å². The van der Waals surface area contributed by atoms with E-state index in [-0.39, 0.29) is 34.9 Å². The molecule has 0 aliphatic rings.